The summed E-state index contributed by atoms with van der Waals surface area (Å²) in [7, 11) is 1.57. The van der Waals surface area contributed by atoms with Crippen LogP contribution in [0, 0.1) is 5.82 Å². The molecule has 3 N–H and O–H groups in total. The number of methoxy groups -OCH3 is 1. The highest BCUT2D eigenvalue weighted by Gasteiger charge is 2.19. The van der Waals surface area contributed by atoms with Crippen molar-refractivity contribution in [3.8, 4) is 0 Å². The Kier molecular flexibility index (Phi) is 4.70. The van der Waals surface area contributed by atoms with Crippen LogP contribution in [0.15, 0.2) is 16.6 Å². The number of anilines is 1. The summed E-state index contributed by atoms with van der Waals surface area (Å²) in [6.45, 7) is 4.04. The molecule has 0 aromatic heterocycles. The number of hydrogen-bond acceptors (Lipinski definition) is 3. The molecule has 1 aromatic rings. The molecule has 0 aliphatic heterocycles. The van der Waals surface area contributed by atoms with Crippen molar-refractivity contribution in [2.24, 2.45) is 0 Å². The fourth-order valence-corrected chi connectivity index (χ4v) is 1.70. The molecule has 0 aliphatic rings. The number of ether oxygens (including phenoxy) is 1. The van der Waals surface area contributed by atoms with E-state index in [0.29, 0.717) is 16.6 Å². The maximum Gasteiger partial charge on any atom is 0.252 e. The number of rotatable bonds is 4. The van der Waals surface area contributed by atoms with E-state index in [-0.39, 0.29) is 11.6 Å². The van der Waals surface area contributed by atoms with Gasteiger partial charge in [0, 0.05) is 18.1 Å². The van der Waals surface area contributed by atoms with Crippen molar-refractivity contribution >= 4 is 27.5 Å². The van der Waals surface area contributed by atoms with Crippen molar-refractivity contribution in [1.29, 1.82) is 0 Å². The van der Waals surface area contributed by atoms with E-state index in [0.717, 1.165) is 0 Å². The highest BCUT2D eigenvalue weighted by atomic mass is 79.9. The number of benzene rings is 1. The van der Waals surface area contributed by atoms with Gasteiger partial charge in [0.15, 0.2) is 0 Å². The lowest BCUT2D eigenvalue weighted by Crippen LogP contribution is -2.39. The minimum absolute atomic E-state index is 0.0608. The fourth-order valence-electron chi connectivity index (χ4n) is 1.20. The number of carbonyl (C=O) groups is 1. The number of hydrogen-bond donors (Lipinski definition) is 2. The Morgan fingerprint density at radius 3 is 2.72 bits per heavy atom. The first kappa shape index (κ1) is 14.9. The minimum atomic E-state index is -0.560. The third kappa shape index (κ3) is 3.68. The third-order valence-electron chi connectivity index (χ3n) is 2.56. The van der Waals surface area contributed by atoms with Crippen LogP contribution < -0.4 is 11.1 Å². The highest BCUT2D eigenvalue weighted by Crippen LogP contribution is 2.22. The van der Waals surface area contributed by atoms with Crippen LogP contribution in [-0.2, 0) is 4.74 Å². The summed E-state index contributed by atoms with van der Waals surface area (Å²) in [5.41, 5.74) is 5.20. The molecule has 0 spiro atoms. The lowest BCUT2D eigenvalue weighted by Gasteiger charge is -2.23. The zero-order valence-corrected chi connectivity index (χ0v) is 12.1. The molecule has 0 saturated heterocycles. The third-order valence-corrected chi connectivity index (χ3v) is 3.21. The molecule has 0 bridgehead atoms. The number of nitrogen functional groups attached to an aromatic ring is 1. The molecule has 0 unspecified atom stereocenters. The van der Waals surface area contributed by atoms with Crippen molar-refractivity contribution in [3.05, 3.63) is 28.0 Å². The summed E-state index contributed by atoms with van der Waals surface area (Å²) in [6, 6.07) is 2.47. The van der Waals surface area contributed by atoms with Crippen molar-refractivity contribution in [2.45, 2.75) is 19.4 Å². The summed E-state index contributed by atoms with van der Waals surface area (Å²) in [4.78, 5) is 11.9. The Hall–Kier alpha value is -1.14. The van der Waals surface area contributed by atoms with Gasteiger partial charge in [0.1, 0.15) is 5.82 Å². The molecule has 0 aliphatic carbocycles. The Morgan fingerprint density at radius 2 is 2.17 bits per heavy atom. The van der Waals surface area contributed by atoms with Crippen molar-refractivity contribution in [3.63, 3.8) is 0 Å². The van der Waals surface area contributed by atoms with Crippen LogP contribution in [0.25, 0.3) is 0 Å². The van der Waals surface area contributed by atoms with Crippen LogP contribution in [0.2, 0.25) is 0 Å². The molecular weight excluding hydrogens is 303 g/mol. The second-order valence-electron chi connectivity index (χ2n) is 4.50. The topological polar surface area (TPSA) is 64.3 Å². The quantitative estimate of drug-likeness (QED) is 0.837. The first-order valence-electron chi connectivity index (χ1n) is 5.34. The molecule has 1 aromatic carbocycles. The molecule has 18 heavy (non-hydrogen) atoms. The van der Waals surface area contributed by atoms with E-state index in [2.05, 4.69) is 21.2 Å². The molecule has 0 atom stereocenters. The largest absolute Gasteiger partial charge is 0.396 e. The summed E-state index contributed by atoms with van der Waals surface area (Å²) in [6.07, 6.45) is 0. The highest BCUT2D eigenvalue weighted by molar-refractivity contribution is 9.10. The van der Waals surface area contributed by atoms with E-state index < -0.39 is 11.4 Å². The van der Waals surface area contributed by atoms with E-state index in [1.807, 2.05) is 13.8 Å². The summed E-state index contributed by atoms with van der Waals surface area (Å²) in [5, 5.41) is 2.71. The van der Waals surface area contributed by atoms with E-state index in [9.17, 15) is 9.18 Å². The number of carbonyl (C=O) groups excluding carboxylic acids is 1. The van der Waals surface area contributed by atoms with E-state index in [1.54, 1.807) is 7.11 Å². The van der Waals surface area contributed by atoms with Crippen LogP contribution >= 0.6 is 15.9 Å². The van der Waals surface area contributed by atoms with E-state index >= 15 is 0 Å². The SMILES string of the molecule is COC(C)(C)CNC(=O)c1cc(N)c(F)cc1Br. The predicted molar refractivity (Wildman–Crippen MR) is 71.9 cm³/mol. The molecule has 6 heteroatoms. The molecule has 0 radical (unpaired) electrons. The second kappa shape index (κ2) is 5.67. The van der Waals surface area contributed by atoms with Gasteiger partial charge in [0.25, 0.3) is 5.91 Å². The van der Waals surface area contributed by atoms with Gasteiger partial charge >= 0.3 is 0 Å². The van der Waals surface area contributed by atoms with Crippen molar-refractivity contribution in [2.75, 3.05) is 19.4 Å². The van der Waals surface area contributed by atoms with Gasteiger partial charge in [-0.2, -0.15) is 0 Å². The Bertz CT molecular complexity index is 464. The van der Waals surface area contributed by atoms with E-state index in [1.165, 1.54) is 12.1 Å². The van der Waals surface area contributed by atoms with Gasteiger partial charge in [0.05, 0.1) is 16.9 Å². The predicted octanol–water partition coefficient (Wildman–Crippen LogP) is 2.33. The molecule has 4 nitrogen and oxygen atoms in total. The van der Waals surface area contributed by atoms with Crippen LogP contribution in [0.5, 0.6) is 0 Å². The summed E-state index contributed by atoms with van der Waals surface area (Å²) in [5.74, 6) is -0.894. The molecular formula is C12H16BrFN2O2. The lowest BCUT2D eigenvalue weighted by atomic mass is 10.1. The van der Waals surface area contributed by atoms with Gasteiger partial charge in [-0.15, -0.1) is 0 Å². The van der Waals surface area contributed by atoms with Crippen LogP contribution in [0.3, 0.4) is 0 Å². The van der Waals surface area contributed by atoms with Gasteiger partial charge < -0.3 is 15.8 Å². The zero-order valence-electron chi connectivity index (χ0n) is 10.5. The molecule has 0 heterocycles. The zero-order chi connectivity index (χ0) is 13.9. The first-order valence-corrected chi connectivity index (χ1v) is 6.14. The molecule has 1 amide bonds. The number of nitrogens with one attached hydrogen (secondary N) is 1. The number of amides is 1. The monoisotopic (exact) mass is 318 g/mol. The molecule has 1 rings (SSSR count). The van der Waals surface area contributed by atoms with Crippen LogP contribution in [0.1, 0.15) is 24.2 Å². The van der Waals surface area contributed by atoms with Crippen molar-refractivity contribution in [1.82, 2.24) is 5.32 Å². The van der Waals surface area contributed by atoms with Gasteiger partial charge in [-0.25, -0.2) is 4.39 Å². The fraction of sp³-hybridized carbons (Fsp3) is 0.417. The number of nitrogens with two attached hydrogens (primary N) is 1. The molecule has 100 valence electrons. The van der Waals surface area contributed by atoms with Crippen LogP contribution in [0.4, 0.5) is 10.1 Å². The van der Waals surface area contributed by atoms with Crippen LogP contribution in [-0.4, -0.2) is 25.2 Å². The Morgan fingerprint density at radius 1 is 1.56 bits per heavy atom. The maximum absolute atomic E-state index is 13.1. The number of halogens is 2. The average molecular weight is 319 g/mol. The minimum Gasteiger partial charge on any atom is -0.396 e. The van der Waals surface area contributed by atoms with Gasteiger partial charge in [0.2, 0.25) is 0 Å². The lowest BCUT2D eigenvalue weighted by molar-refractivity contribution is 0.0228. The van der Waals surface area contributed by atoms with Gasteiger partial charge in [-0.05, 0) is 41.9 Å². The average Bonchev–Trinajstić information content (AvgIpc) is 2.31. The maximum atomic E-state index is 13.1. The van der Waals surface area contributed by atoms with Gasteiger partial charge in [-0.1, -0.05) is 0 Å². The summed E-state index contributed by atoms with van der Waals surface area (Å²) >= 11 is 3.13. The Balaban J connectivity index is 2.82. The molecule has 0 saturated carbocycles. The normalized spacial score (nSPS) is 11.4. The standard InChI is InChI=1S/C12H16BrFN2O2/c1-12(2,18-3)6-16-11(17)7-4-10(15)9(14)5-8(7)13/h4-5H,6,15H2,1-3H3,(H,16,17). The summed E-state index contributed by atoms with van der Waals surface area (Å²) < 4.78 is 18.7. The van der Waals surface area contributed by atoms with Crippen molar-refractivity contribution < 1.29 is 13.9 Å². The first-order chi connectivity index (χ1) is 8.26. The van der Waals surface area contributed by atoms with Gasteiger partial charge in [-0.3, -0.25) is 4.79 Å². The second-order valence-corrected chi connectivity index (χ2v) is 5.35. The molecule has 0 fully saturated rings. The Labute approximate surface area is 114 Å². The van der Waals surface area contributed by atoms with E-state index in [4.69, 9.17) is 10.5 Å². The smallest absolute Gasteiger partial charge is 0.252 e.